The Hall–Kier alpha value is -2.10. The summed E-state index contributed by atoms with van der Waals surface area (Å²) < 4.78 is 49.1. The number of nitrogens with zero attached hydrogens (tertiary/aromatic N) is 1. The van der Waals surface area contributed by atoms with Crippen molar-refractivity contribution in [2.45, 2.75) is 18.6 Å². The van der Waals surface area contributed by atoms with Crippen LogP contribution in [-0.4, -0.2) is 53.7 Å². The molecular weight excluding hydrogens is 324 g/mol. The maximum atomic E-state index is 12.7. The van der Waals surface area contributed by atoms with Crippen molar-refractivity contribution in [3.8, 4) is 0 Å². The number of carboxylic acids is 1. The molecule has 0 aromatic carbocycles. The zero-order valence-electron chi connectivity index (χ0n) is 11.8. The summed E-state index contributed by atoms with van der Waals surface area (Å²) in [5.41, 5.74) is 0. The van der Waals surface area contributed by atoms with Crippen LogP contribution in [0.4, 0.5) is 17.6 Å². The van der Waals surface area contributed by atoms with Gasteiger partial charge in [-0.25, -0.2) is 4.79 Å². The second-order valence-corrected chi connectivity index (χ2v) is 5.32. The molecule has 1 aromatic heterocycles. The Morgan fingerprint density at radius 2 is 1.96 bits per heavy atom. The van der Waals surface area contributed by atoms with Crippen LogP contribution in [0.15, 0.2) is 16.5 Å². The maximum absolute atomic E-state index is 12.7. The lowest BCUT2D eigenvalue weighted by molar-refractivity contribution is -0.192. The Morgan fingerprint density at radius 3 is 2.43 bits per heavy atom. The molecule has 0 radical (unpaired) electrons. The molecule has 2 N–H and O–H groups in total. The minimum absolute atomic E-state index is 0.0961. The lowest BCUT2D eigenvalue weighted by Gasteiger charge is -2.30. The van der Waals surface area contributed by atoms with Gasteiger partial charge in [0.25, 0.3) is 11.9 Å². The first-order chi connectivity index (χ1) is 10.7. The van der Waals surface area contributed by atoms with E-state index in [2.05, 4.69) is 5.32 Å². The molecule has 2 atom stereocenters. The van der Waals surface area contributed by atoms with Crippen molar-refractivity contribution < 1.29 is 36.7 Å². The Bertz CT molecular complexity index is 575. The Balaban J connectivity index is 0.000000236. The third-order valence-electron chi connectivity index (χ3n) is 3.55. The lowest BCUT2D eigenvalue weighted by atomic mass is 10.00. The van der Waals surface area contributed by atoms with Crippen LogP contribution in [0.1, 0.15) is 17.0 Å². The number of likely N-dealkylation sites (tertiary alicyclic amines) is 1. The van der Waals surface area contributed by atoms with Crippen molar-refractivity contribution >= 4 is 11.9 Å². The molecule has 0 aliphatic carbocycles. The van der Waals surface area contributed by atoms with Gasteiger partial charge in [-0.1, -0.05) is 0 Å². The van der Waals surface area contributed by atoms with Gasteiger partial charge in [0.2, 0.25) is 0 Å². The van der Waals surface area contributed by atoms with Crippen LogP contribution < -0.4 is 5.32 Å². The number of hydrogen-bond acceptors (Lipinski definition) is 4. The smallest absolute Gasteiger partial charge is 0.475 e. The lowest BCUT2D eigenvalue weighted by Crippen LogP contribution is -2.44. The molecule has 1 aromatic rings. The van der Waals surface area contributed by atoms with Gasteiger partial charge in [-0.05, 0) is 18.4 Å². The molecule has 2 bridgehead atoms. The van der Waals surface area contributed by atoms with E-state index in [0.29, 0.717) is 18.5 Å². The molecule has 3 heterocycles. The largest absolute Gasteiger partial charge is 0.490 e. The van der Waals surface area contributed by atoms with Crippen LogP contribution in [0.25, 0.3) is 0 Å². The number of fused-ring (bicyclic) bond motifs is 2. The fourth-order valence-electron chi connectivity index (χ4n) is 2.58. The summed E-state index contributed by atoms with van der Waals surface area (Å²) in [5, 5.41) is 10.5. The number of aliphatic carboxylic acids is 1. The van der Waals surface area contributed by atoms with Crippen molar-refractivity contribution in [1.29, 1.82) is 0 Å². The topological polar surface area (TPSA) is 82.8 Å². The molecule has 0 saturated carbocycles. The maximum Gasteiger partial charge on any atom is 0.490 e. The number of nitrogens with one attached hydrogen (secondary N) is 1. The minimum atomic E-state index is -5.08. The fraction of sp³-hybridized carbons (Fsp3) is 0.538. The van der Waals surface area contributed by atoms with Crippen LogP contribution in [0.2, 0.25) is 0 Å². The van der Waals surface area contributed by atoms with E-state index in [-0.39, 0.29) is 11.7 Å². The molecular formula is C13H14F4N2O4. The number of rotatable bonds is 1. The van der Waals surface area contributed by atoms with Crippen molar-refractivity contribution in [1.82, 2.24) is 10.2 Å². The molecule has 2 aliphatic rings. The fourth-order valence-corrected chi connectivity index (χ4v) is 2.58. The summed E-state index contributed by atoms with van der Waals surface area (Å²) >= 11 is 0. The van der Waals surface area contributed by atoms with E-state index in [1.54, 1.807) is 4.90 Å². The van der Waals surface area contributed by atoms with Crippen molar-refractivity contribution in [2.24, 2.45) is 5.92 Å². The monoisotopic (exact) mass is 338 g/mol. The van der Waals surface area contributed by atoms with Crippen LogP contribution in [-0.2, 0) is 4.79 Å². The molecule has 2 aliphatic heterocycles. The third kappa shape index (κ3) is 4.44. The molecule has 1 amide bonds. The Labute approximate surface area is 128 Å². The second-order valence-electron chi connectivity index (χ2n) is 5.32. The number of amides is 1. The van der Waals surface area contributed by atoms with Crippen molar-refractivity contribution in [3.63, 3.8) is 0 Å². The van der Waals surface area contributed by atoms with Gasteiger partial charge < -0.3 is 19.7 Å². The van der Waals surface area contributed by atoms with E-state index in [1.807, 2.05) is 0 Å². The molecule has 2 fully saturated rings. The molecule has 3 rings (SSSR count). The molecule has 128 valence electrons. The number of carbonyl (C=O) groups excluding carboxylic acids is 1. The first kappa shape index (κ1) is 17.3. The first-order valence-electron chi connectivity index (χ1n) is 6.75. The van der Waals surface area contributed by atoms with Gasteiger partial charge in [-0.3, -0.25) is 4.79 Å². The van der Waals surface area contributed by atoms with E-state index in [0.717, 1.165) is 19.5 Å². The van der Waals surface area contributed by atoms with Crippen LogP contribution in [0, 0.1) is 11.9 Å². The number of furan rings is 1. The van der Waals surface area contributed by atoms with E-state index in [9.17, 15) is 22.4 Å². The van der Waals surface area contributed by atoms with E-state index in [4.69, 9.17) is 14.3 Å². The van der Waals surface area contributed by atoms with Gasteiger partial charge in [0.05, 0.1) is 0 Å². The number of piperidine rings is 1. The molecule has 0 unspecified atom stereocenters. The van der Waals surface area contributed by atoms with Crippen LogP contribution in [0.3, 0.4) is 0 Å². The molecule has 2 saturated heterocycles. The van der Waals surface area contributed by atoms with Crippen molar-refractivity contribution in [3.05, 3.63) is 23.9 Å². The Morgan fingerprint density at radius 1 is 1.30 bits per heavy atom. The number of alkyl halides is 3. The van der Waals surface area contributed by atoms with Crippen LogP contribution >= 0.6 is 0 Å². The summed E-state index contributed by atoms with van der Waals surface area (Å²) in [7, 11) is 0. The third-order valence-corrected chi connectivity index (χ3v) is 3.55. The van der Waals surface area contributed by atoms with Gasteiger partial charge in [-0.15, -0.1) is 0 Å². The van der Waals surface area contributed by atoms with Gasteiger partial charge in [0.15, 0.2) is 5.76 Å². The predicted octanol–water partition coefficient (Wildman–Crippen LogP) is 1.49. The van der Waals surface area contributed by atoms with Crippen LogP contribution in [0.5, 0.6) is 0 Å². The van der Waals surface area contributed by atoms with E-state index < -0.39 is 18.2 Å². The van der Waals surface area contributed by atoms with Gasteiger partial charge >= 0.3 is 12.1 Å². The highest BCUT2D eigenvalue weighted by Crippen LogP contribution is 2.23. The highest BCUT2D eigenvalue weighted by atomic mass is 19.4. The minimum Gasteiger partial charge on any atom is -0.475 e. The average Bonchev–Trinajstić information content (AvgIpc) is 3.03. The SMILES string of the molecule is O=C(O)C(F)(F)F.O=C(c1ccc(F)o1)N1C[C@H]2CN[C@H](C2)C1. The summed E-state index contributed by atoms with van der Waals surface area (Å²) in [6.45, 7) is 2.41. The zero-order valence-corrected chi connectivity index (χ0v) is 11.8. The summed E-state index contributed by atoms with van der Waals surface area (Å²) in [6, 6.07) is 2.25. The number of hydrogen-bond donors (Lipinski definition) is 2. The summed E-state index contributed by atoms with van der Waals surface area (Å²) in [5.74, 6) is -2.34. The zero-order chi connectivity index (χ0) is 17.2. The quantitative estimate of drug-likeness (QED) is 0.758. The normalized spacial score (nSPS) is 23.2. The number of carbonyl (C=O) groups is 2. The van der Waals surface area contributed by atoms with Gasteiger partial charge in [0, 0.05) is 31.7 Å². The molecule has 0 spiro atoms. The number of carboxylic acid groups (broad SMARTS) is 1. The summed E-state index contributed by atoms with van der Waals surface area (Å²) in [4.78, 5) is 22.6. The molecule has 10 heteroatoms. The van der Waals surface area contributed by atoms with E-state index >= 15 is 0 Å². The van der Waals surface area contributed by atoms with Crippen molar-refractivity contribution in [2.75, 3.05) is 19.6 Å². The molecule has 6 nitrogen and oxygen atoms in total. The van der Waals surface area contributed by atoms with Gasteiger partial charge in [-0.2, -0.15) is 17.6 Å². The average molecular weight is 338 g/mol. The number of halogens is 4. The highest BCUT2D eigenvalue weighted by molar-refractivity contribution is 5.91. The molecule has 23 heavy (non-hydrogen) atoms. The predicted molar refractivity (Wildman–Crippen MR) is 68.2 cm³/mol. The highest BCUT2D eigenvalue weighted by Gasteiger charge is 2.38. The Kier molecular flexibility index (Phi) is 4.93. The second kappa shape index (κ2) is 6.57. The van der Waals surface area contributed by atoms with E-state index in [1.165, 1.54) is 12.1 Å². The standard InChI is InChI=1S/C11H13FN2O2.C2HF3O2/c12-10-2-1-9(16-10)11(15)14-5-7-3-8(6-14)13-4-7;3-2(4,5)1(6)7/h1-2,7-8,13H,3-6H2;(H,6,7)/t7-,8-;/m1./s1. The summed E-state index contributed by atoms with van der Waals surface area (Å²) in [6.07, 6.45) is -3.95. The van der Waals surface area contributed by atoms with Gasteiger partial charge in [0.1, 0.15) is 0 Å². The first-order valence-corrected chi connectivity index (χ1v) is 6.75.